The number of hydrogen-bond donors (Lipinski definition) is 1. The van der Waals surface area contributed by atoms with Crippen LogP contribution in [0.25, 0.3) is 0 Å². The Kier molecular flexibility index (Phi) is 11.1. The van der Waals surface area contributed by atoms with Gasteiger partial charge in [-0.25, -0.2) is 8.42 Å². The number of hydrogen-bond acceptors (Lipinski definition) is 4. The number of halogens is 3. The van der Waals surface area contributed by atoms with E-state index in [1.807, 2.05) is 20.8 Å². The van der Waals surface area contributed by atoms with Crippen LogP contribution in [0.15, 0.2) is 40.9 Å². The van der Waals surface area contributed by atoms with Crippen LogP contribution >= 0.6 is 39.1 Å². The van der Waals surface area contributed by atoms with Crippen molar-refractivity contribution in [3.63, 3.8) is 0 Å². The Morgan fingerprint density at radius 2 is 1.78 bits per heavy atom. The van der Waals surface area contributed by atoms with Crippen molar-refractivity contribution in [3.05, 3.63) is 62.0 Å². The fraction of sp³-hybridized carbons (Fsp3) is 0.440. The maximum Gasteiger partial charge on any atom is 0.244 e. The molecule has 0 radical (unpaired) electrons. The molecule has 0 saturated carbocycles. The van der Waals surface area contributed by atoms with Crippen LogP contribution in [0.3, 0.4) is 0 Å². The molecule has 11 heteroatoms. The Morgan fingerprint density at radius 1 is 1.11 bits per heavy atom. The average molecular weight is 621 g/mol. The summed E-state index contributed by atoms with van der Waals surface area (Å²) in [6, 6.07) is 9.12. The topological polar surface area (TPSA) is 86.8 Å². The molecule has 2 amide bonds. The highest BCUT2D eigenvalue weighted by Crippen LogP contribution is 2.27. The molecule has 0 spiro atoms. The van der Waals surface area contributed by atoms with Crippen molar-refractivity contribution in [3.8, 4) is 0 Å². The predicted molar refractivity (Wildman–Crippen MR) is 150 cm³/mol. The highest BCUT2D eigenvalue weighted by atomic mass is 79.9. The van der Waals surface area contributed by atoms with Gasteiger partial charge >= 0.3 is 0 Å². The SMILES string of the molecule is CC[C@H](C(=O)NCC(C)C)N(Cc1ccc(Cl)cc1Cl)C(=O)CN(c1ccc(Br)c(C)c1)S(C)(=O)=O. The molecular formula is C25H32BrCl2N3O4S. The first kappa shape index (κ1) is 30.4. The summed E-state index contributed by atoms with van der Waals surface area (Å²) < 4.78 is 27.3. The van der Waals surface area contributed by atoms with Crippen LogP contribution in [0.4, 0.5) is 5.69 Å². The zero-order chi connectivity index (χ0) is 27.2. The number of carbonyl (C=O) groups excluding carboxylic acids is 2. The number of aryl methyl sites for hydroxylation is 1. The van der Waals surface area contributed by atoms with Gasteiger partial charge in [-0.05, 0) is 60.7 Å². The second kappa shape index (κ2) is 13.1. The first-order valence-electron chi connectivity index (χ1n) is 11.5. The van der Waals surface area contributed by atoms with Gasteiger partial charge < -0.3 is 10.2 Å². The molecule has 0 saturated heterocycles. The van der Waals surface area contributed by atoms with Crippen molar-refractivity contribution in [1.82, 2.24) is 10.2 Å². The molecule has 1 atom stereocenters. The quantitative estimate of drug-likeness (QED) is 0.364. The van der Waals surface area contributed by atoms with Gasteiger partial charge in [0.25, 0.3) is 0 Å². The maximum absolute atomic E-state index is 13.7. The minimum atomic E-state index is -3.81. The number of nitrogens with one attached hydrogen (secondary N) is 1. The number of sulfonamides is 1. The van der Waals surface area contributed by atoms with Gasteiger partial charge in [0.05, 0.1) is 11.9 Å². The van der Waals surface area contributed by atoms with Crippen LogP contribution in [0.5, 0.6) is 0 Å². The second-order valence-electron chi connectivity index (χ2n) is 9.02. The number of amides is 2. The number of carbonyl (C=O) groups is 2. The average Bonchev–Trinajstić information content (AvgIpc) is 2.78. The van der Waals surface area contributed by atoms with E-state index in [0.717, 1.165) is 20.6 Å². The minimum absolute atomic E-state index is 0.0133. The first-order valence-corrected chi connectivity index (χ1v) is 14.9. The molecule has 2 rings (SSSR count). The smallest absolute Gasteiger partial charge is 0.244 e. The van der Waals surface area contributed by atoms with E-state index in [2.05, 4.69) is 21.2 Å². The Labute approximate surface area is 232 Å². The van der Waals surface area contributed by atoms with E-state index in [4.69, 9.17) is 23.2 Å². The number of anilines is 1. The molecular weight excluding hydrogens is 589 g/mol. The largest absolute Gasteiger partial charge is 0.354 e. The van der Waals surface area contributed by atoms with E-state index in [9.17, 15) is 18.0 Å². The van der Waals surface area contributed by atoms with Gasteiger partial charge in [0.1, 0.15) is 12.6 Å². The molecule has 198 valence electrons. The molecule has 7 nitrogen and oxygen atoms in total. The van der Waals surface area contributed by atoms with Crippen molar-refractivity contribution in [1.29, 1.82) is 0 Å². The Balaban J connectivity index is 2.48. The standard InChI is InChI=1S/C25H32BrCl2N3O4S/c1-6-23(25(33)29-13-16(2)3)30(14-18-7-8-19(27)12-22(18)28)24(32)15-31(36(5,34)35)20-9-10-21(26)17(4)11-20/h7-12,16,23H,6,13-15H2,1-5H3,(H,29,33)/t23-/m1/s1. The van der Waals surface area contributed by atoms with Gasteiger partial charge in [-0.2, -0.15) is 0 Å². The summed E-state index contributed by atoms with van der Waals surface area (Å²) in [5.41, 5.74) is 1.76. The minimum Gasteiger partial charge on any atom is -0.354 e. The summed E-state index contributed by atoms with van der Waals surface area (Å²) in [6.07, 6.45) is 1.38. The molecule has 0 aliphatic heterocycles. The lowest BCUT2D eigenvalue weighted by Gasteiger charge is -2.33. The van der Waals surface area contributed by atoms with E-state index in [1.165, 1.54) is 4.90 Å². The third kappa shape index (κ3) is 8.36. The molecule has 0 aromatic heterocycles. The van der Waals surface area contributed by atoms with Crippen LogP contribution in [0, 0.1) is 12.8 Å². The molecule has 0 bridgehead atoms. The van der Waals surface area contributed by atoms with Crippen LogP contribution in [-0.2, 0) is 26.2 Å². The van der Waals surface area contributed by atoms with Crippen molar-refractivity contribution < 1.29 is 18.0 Å². The Bertz CT molecular complexity index is 1210. The highest BCUT2D eigenvalue weighted by molar-refractivity contribution is 9.10. The molecule has 0 unspecified atom stereocenters. The number of benzene rings is 2. The van der Waals surface area contributed by atoms with Crippen LogP contribution in [0.1, 0.15) is 38.3 Å². The van der Waals surface area contributed by atoms with Gasteiger partial charge in [-0.1, -0.05) is 66.0 Å². The van der Waals surface area contributed by atoms with E-state index >= 15 is 0 Å². The number of nitrogens with zero attached hydrogens (tertiary/aromatic N) is 2. The second-order valence-corrected chi connectivity index (χ2v) is 12.6. The lowest BCUT2D eigenvalue weighted by atomic mass is 10.1. The van der Waals surface area contributed by atoms with Gasteiger partial charge in [0.15, 0.2) is 0 Å². The summed E-state index contributed by atoms with van der Waals surface area (Å²) in [6.45, 7) is 7.57. The van der Waals surface area contributed by atoms with Gasteiger partial charge in [0, 0.05) is 27.6 Å². The van der Waals surface area contributed by atoms with Crippen molar-refractivity contribution in [2.24, 2.45) is 5.92 Å². The fourth-order valence-corrected chi connectivity index (χ4v) is 5.13. The van der Waals surface area contributed by atoms with Crippen molar-refractivity contribution >= 4 is 66.7 Å². The summed E-state index contributed by atoms with van der Waals surface area (Å²) >= 11 is 15.8. The highest BCUT2D eigenvalue weighted by Gasteiger charge is 2.32. The predicted octanol–water partition coefficient (Wildman–Crippen LogP) is 5.41. The normalized spacial score (nSPS) is 12.4. The summed E-state index contributed by atoms with van der Waals surface area (Å²) in [4.78, 5) is 28.2. The summed E-state index contributed by atoms with van der Waals surface area (Å²) in [5, 5.41) is 3.67. The summed E-state index contributed by atoms with van der Waals surface area (Å²) in [5.74, 6) is -0.615. The van der Waals surface area contributed by atoms with Crippen LogP contribution in [0.2, 0.25) is 10.0 Å². The van der Waals surface area contributed by atoms with Gasteiger partial charge in [0.2, 0.25) is 21.8 Å². The molecule has 0 aliphatic rings. The molecule has 0 fully saturated rings. The lowest BCUT2D eigenvalue weighted by molar-refractivity contribution is -0.140. The molecule has 2 aromatic carbocycles. The molecule has 2 aromatic rings. The van der Waals surface area contributed by atoms with Crippen molar-refractivity contribution in [2.45, 2.75) is 46.7 Å². The van der Waals surface area contributed by atoms with Crippen molar-refractivity contribution in [2.75, 3.05) is 23.7 Å². The monoisotopic (exact) mass is 619 g/mol. The maximum atomic E-state index is 13.7. The van der Waals surface area contributed by atoms with E-state index in [-0.39, 0.29) is 18.4 Å². The third-order valence-electron chi connectivity index (χ3n) is 5.53. The van der Waals surface area contributed by atoms with E-state index < -0.39 is 28.5 Å². The first-order chi connectivity index (χ1) is 16.7. The Morgan fingerprint density at radius 3 is 2.31 bits per heavy atom. The third-order valence-corrected chi connectivity index (χ3v) is 8.15. The van der Waals surface area contributed by atoms with E-state index in [0.29, 0.717) is 34.3 Å². The van der Waals surface area contributed by atoms with Crippen LogP contribution in [-0.4, -0.2) is 50.5 Å². The molecule has 36 heavy (non-hydrogen) atoms. The lowest BCUT2D eigenvalue weighted by Crippen LogP contribution is -2.52. The zero-order valence-corrected chi connectivity index (χ0v) is 24.9. The molecule has 1 N–H and O–H groups in total. The van der Waals surface area contributed by atoms with Gasteiger partial charge in [-0.3, -0.25) is 13.9 Å². The zero-order valence-electron chi connectivity index (χ0n) is 21.0. The van der Waals surface area contributed by atoms with E-state index in [1.54, 1.807) is 43.3 Å². The number of rotatable bonds is 11. The fourth-order valence-electron chi connectivity index (χ4n) is 3.57. The molecule has 0 aliphatic carbocycles. The Hall–Kier alpha value is -1.81. The van der Waals surface area contributed by atoms with Crippen LogP contribution < -0.4 is 9.62 Å². The molecule has 0 heterocycles. The van der Waals surface area contributed by atoms with Gasteiger partial charge in [-0.15, -0.1) is 0 Å². The summed E-state index contributed by atoms with van der Waals surface area (Å²) in [7, 11) is -3.81.